The molecule has 2 aromatic rings. The third kappa shape index (κ3) is 5.00. The van der Waals surface area contributed by atoms with Crippen molar-refractivity contribution >= 4 is 17.5 Å². The van der Waals surface area contributed by atoms with Crippen LogP contribution in [0.15, 0.2) is 12.4 Å². The van der Waals surface area contributed by atoms with Gasteiger partial charge in [-0.25, -0.2) is 4.98 Å². The average Bonchev–Trinajstić information content (AvgIpc) is 2.87. The van der Waals surface area contributed by atoms with E-state index in [0.717, 1.165) is 0 Å². The minimum absolute atomic E-state index is 0.0552. The van der Waals surface area contributed by atoms with Crippen LogP contribution in [0.1, 0.15) is 18.2 Å². The largest absolute Gasteiger partial charge is 0.421 e. The molecule has 0 aliphatic carbocycles. The van der Waals surface area contributed by atoms with Gasteiger partial charge in [-0.15, -0.1) is 0 Å². The predicted molar refractivity (Wildman–Crippen MR) is 83.4 cm³/mol. The number of alkyl halides is 5. The van der Waals surface area contributed by atoms with Crippen LogP contribution in [0, 0.1) is 6.92 Å². The molecule has 0 amide bonds. The number of hydrogen-bond acceptors (Lipinski definition) is 6. The molecule has 0 aromatic carbocycles. The highest BCUT2D eigenvalue weighted by Gasteiger charge is 2.35. The monoisotopic (exact) mass is 380 g/mol. The van der Waals surface area contributed by atoms with E-state index < -0.39 is 18.4 Å². The highest BCUT2D eigenvalue weighted by molar-refractivity contribution is 5.58. The molecule has 2 heterocycles. The minimum atomic E-state index is -4.58. The SMILES string of the molecule is CCNc1nc(Nc2cnn(CCOC(F)F)c2C)ncc1C(F)(F)F. The summed E-state index contributed by atoms with van der Waals surface area (Å²) in [5.41, 5.74) is 0.0297. The molecule has 2 aromatic heterocycles. The average molecular weight is 380 g/mol. The lowest BCUT2D eigenvalue weighted by Crippen LogP contribution is -2.14. The second kappa shape index (κ2) is 8.25. The van der Waals surface area contributed by atoms with Gasteiger partial charge in [0, 0.05) is 12.7 Å². The van der Waals surface area contributed by atoms with Crippen LogP contribution in [0.4, 0.5) is 39.4 Å². The van der Waals surface area contributed by atoms with Gasteiger partial charge in [0.1, 0.15) is 11.4 Å². The van der Waals surface area contributed by atoms with Crippen LogP contribution in [0.25, 0.3) is 0 Å². The third-order valence-electron chi connectivity index (χ3n) is 3.33. The zero-order chi connectivity index (χ0) is 19.3. The molecule has 0 atom stereocenters. The van der Waals surface area contributed by atoms with Crippen molar-refractivity contribution < 1.29 is 26.7 Å². The van der Waals surface area contributed by atoms with Crippen molar-refractivity contribution in [3.63, 3.8) is 0 Å². The molecule has 0 saturated carbocycles. The molecule has 12 heteroatoms. The molecular formula is C14H17F5N6O. The zero-order valence-corrected chi connectivity index (χ0v) is 13.9. The maximum absolute atomic E-state index is 13.0. The molecule has 0 bridgehead atoms. The van der Waals surface area contributed by atoms with Crippen molar-refractivity contribution in [1.82, 2.24) is 19.7 Å². The Hall–Kier alpha value is -2.50. The number of hydrogen-bond donors (Lipinski definition) is 2. The summed E-state index contributed by atoms with van der Waals surface area (Å²) in [7, 11) is 0. The van der Waals surface area contributed by atoms with Crippen molar-refractivity contribution in [2.45, 2.75) is 33.2 Å². The van der Waals surface area contributed by atoms with Crippen LogP contribution in [-0.2, 0) is 17.5 Å². The van der Waals surface area contributed by atoms with Crippen LogP contribution in [0.2, 0.25) is 0 Å². The molecule has 0 aliphatic heterocycles. The van der Waals surface area contributed by atoms with E-state index in [0.29, 0.717) is 17.6 Å². The maximum Gasteiger partial charge on any atom is 0.421 e. The molecule has 7 nitrogen and oxygen atoms in total. The summed E-state index contributed by atoms with van der Waals surface area (Å²) >= 11 is 0. The number of nitrogens with zero attached hydrogens (tertiary/aromatic N) is 4. The lowest BCUT2D eigenvalue weighted by atomic mass is 10.3. The first-order chi connectivity index (χ1) is 12.2. The van der Waals surface area contributed by atoms with Gasteiger partial charge in [-0.05, 0) is 13.8 Å². The van der Waals surface area contributed by atoms with E-state index in [1.807, 2.05) is 0 Å². The summed E-state index contributed by atoms with van der Waals surface area (Å²) in [6.45, 7) is 0.544. The normalized spacial score (nSPS) is 11.8. The molecule has 0 fully saturated rings. The molecule has 0 aliphatic rings. The number of nitrogens with one attached hydrogen (secondary N) is 2. The molecule has 0 radical (unpaired) electrons. The molecule has 2 rings (SSSR count). The topological polar surface area (TPSA) is 76.9 Å². The quantitative estimate of drug-likeness (QED) is 0.684. The molecule has 0 spiro atoms. The molecule has 0 saturated heterocycles. The van der Waals surface area contributed by atoms with Crippen molar-refractivity contribution in [3.05, 3.63) is 23.7 Å². The molecule has 2 N–H and O–H groups in total. The summed E-state index contributed by atoms with van der Waals surface area (Å²) in [5.74, 6) is -0.395. The van der Waals surface area contributed by atoms with Crippen LogP contribution in [-0.4, -0.2) is 39.5 Å². The fourth-order valence-electron chi connectivity index (χ4n) is 2.10. The first kappa shape index (κ1) is 19.8. The van der Waals surface area contributed by atoms with Crippen molar-refractivity contribution in [1.29, 1.82) is 0 Å². The predicted octanol–water partition coefficient (Wildman–Crippen LogP) is 3.41. The van der Waals surface area contributed by atoms with Gasteiger partial charge < -0.3 is 15.4 Å². The standard InChI is InChI=1S/C14H17F5N6O/c1-3-20-11-9(14(17,18)19)6-21-13(24-11)23-10-7-22-25(8(10)2)4-5-26-12(15)16/h6-7,12H,3-5H2,1-2H3,(H2,20,21,23,24). The Labute approximate surface area is 145 Å². The molecule has 144 valence electrons. The minimum Gasteiger partial charge on any atom is -0.370 e. The fourth-order valence-corrected chi connectivity index (χ4v) is 2.10. The molecule has 0 unspecified atom stereocenters. The Morgan fingerprint density at radius 2 is 2.00 bits per heavy atom. The lowest BCUT2D eigenvalue weighted by molar-refractivity contribution is -0.137. The van der Waals surface area contributed by atoms with E-state index in [1.54, 1.807) is 13.8 Å². The van der Waals surface area contributed by atoms with Gasteiger partial charge in [0.15, 0.2) is 0 Å². The summed E-state index contributed by atoms with van der Waals surface area (Å²) < 4.78 is 68.4. The van der Waals surface area contributed by atoms with Gasteiger partial charge in [-0.1, -0.05) is 0 Å². The van der Waals surface area contributed by atoms with E-state index in [2.05, 4.69) is 30.4 Å². The number of anilines is 3. The van der Waals surface area contributed by atoms with E-state index in [1.165, 1.54) is 10.9 Å². The van der Waals surface area contributed by atoms with Gasteiger partial charge >= 0.3 is 12.8 Å². The molecule has 26 heavy (non-hydrogen) atoms. The van der Waals surface area contributed by atoms with E-state index in [9.17, 15) is 22.0 Å². The maximum atomic E-state index is 13.0. The number of aromatic nitrogens is 4. The Kier molecular flexibility index (Phi) is 6.29. The second-order valence-electron chi connectivity index (χ2n) is 5.11. The van der Waals surface area contributed by atoms with Crippen LogP contribution in [0.3, 0.4) is 0 Å². The molecular weight excluding hydrogens is 363 g/mol. The first-order valence-electron chi connectivity index (χ1n) is 7.59. The summed E-state index contributed by atoms with van der Waals surface area (Å²) in [6.07, 6.45) is -2.50. The Morgan fingerprint density at radius 1 is 1.27 bits per heavy atom. The highest BCUT2D eigenvalue weighted by atomic mass is 19.4. The van der Waals surface area contributed by atoms with Crippen LogP contribution < -0.4 is 10.6 Å². The van der Waals surface area contributed by atoms with Crippen LogP contribution >= 0.6 is 0 Å². The van der Waals surface area contributed by atoms with Crippen LogP contribution in [0.5, 0.6) is 0 Å². The van der Waals surface area contributed by atoms with Crippen molar-refractivity contribution in [2.24, 2.45) is 0 Å². The summed E-state index contributed by atoms with van der Waals surface area (Å²) in [5, 5.41) is 9.32. The summed E-state index contributed by atoms with van der Waals surface area (Å²) in [4.78, 5) is 7.52. The zero-order valence-electron chi connectivity index (χ0n) is 13.9. The second-order valence-corrected chi connectivity index (χ2v) is 5.11. The Bertz CT molecular complexity index is 733. The first-order valence-corrected chi connectivity index (χ1v) is 7.59. The van der Waals surface area contributed by atoms with E-state index in [-0.39, 0.29) is 31.5 Å². The van der Waals surface area contributed by atoms with E-state index >= 15 is 0 Å². The Balaban J connectivity index is 2.16. The Morgan fingerprint density at radius 3 is 2.62 bits per heavy atom. The van der Waals surface area contributed by atoms with Gasteiger partial charge in [-0.2, -0.15) is 32.0 Å². The van der Waals surface area contributed by atoms with E-state index in [4.69, 9.17) is 0 Å². The van der Waals surface area contributed by atoms with Crippen molar-refractivity contribution in [3.8, 4) is 0 Å². The summed E-state index contributed by atoms with van der Waals surface area (Å²) in [6, 6.07) is 0. The lowest BCUT2D eigenvalue weighted by Gasteiger charge is -2.13. The van der Waals surface area contributed by atoms with Gasteiger partial charge in [0.25, 0.3) is 0 Å². The van der Waals surface area contributed by atoms with Gasteiger partial charge in [0.2, 0.25) is 5.95 Å². The number of halogens is 5. The number of ether oxygens (including phenoxy) is 1. The number of rotatable bonds is 8. The highest BCUT2D eigenvalue weighted by Crippen LogP contribution is 2.34. The van der Waals surface area contributed by atoms with Crippen molar-refractivity contribution in [2.75, 3.05) is 23.8 Å². The fraction of sp³-hybridized carbons (Fsp3) is 0.500. The van der Waals surface area contributed by atoms with Gasteiger partial charge in [0.05, 0.1) is 30.7 Å². The third-order valence-corrected chi connectivity index (χ3v) is 3.33. The van der Waals surface area contributed by atoms with Gasteiger partial charge in [-0.3, -0.25) is 4.68 Å². The smallest absolute Gasteiger partial charge is 0.370 e.